The fourth-order valence-electron chi connectivity index (χ4n) is 3.29. The number of hydrogen-bond acceptors (Lipinski definition) is 5. The maximum Gasteiger partial charge on any atom is 0.244 e. The molecule has 2 aromatic carbocycles. The largest absolute Gasteiger partial charge is 0.355 e. The Morgan fingerprint density at radius 3 is 2.24 bits per heavy atom. The number of nitrogens with zero attached hydrogens (tertiary/aromatic N) is 2. The summed E-state index contributed by atoms with van der Waals surface area (Å²) in [7, 11) is -3.85. The van der Waals surface area contributed by atoms with E-state index in [0.717, 1.165) is 21.7 Å². The quantitative estimate of drug-likeness (QED) is 0.534. The maximum atomic E-state index is 13.4. The highest BCUT2D eigenvalue weighted by Gasteiger charge is 2.30. The Bertz CT molecular complexity index is 1110. The van der Waals surface area contributed by atoms with Gasteiger partial charge >= 0.3 is 0 Å². The molecule has 0 aliphatic carbocycles. The number of aryl methyl sites for hydroxylation is 1. The highest BCUT2D eigenvalue weighted by Crippen LogP contribution is 2.21. The highest BCUT2D eigenvalue weighted by atomic mass is 32.2. The van der Waals surface area contributed by atoms with Gasteiger partial charge in [-0.05, 0) is 45.4 Å². The second-order valence-electron chi connectivity index (χ2n) is 7.95. The molecule has 0 radical (unpaired) electrons. The summed E-state index contributed by atoms with van der Waals surface area (Å²) in [5.74, 6) is -1.09. The number of likely N-dealkylation sites (N-methyl/N-ethyl adjacent to an activating group) is 1. The Kier molecular flexibility index (Phi) is 8.76. The van der Waals surface area contributed by atoms with Crippen LogP contribution in [0, 0.1) is 6.92 Å². The van der Waals surface area contributed by atoms with Gasteiger partial charge in [-0.15, -0.1) is 0 Å². The van der Waals surface area contributed by atoms with Gasteiger partial charge in [-0.1, -0.05) is 42.0 Å². The Morgan fingerprint density at radius 1 is 1.06 bits per heavy atom. The van der Waals surface area contributed by atoms with Crippen molar-refractivity contribution in [3.05, 3.63) is 65.2 Å². The minimum atomic E-state index is -3.85. The van der Waals surface area contributed by atoms with Crippen LogP contribution in [0.3, 0.4) is 0 Å². The van der Waals surface area contributed by atoms with Crippen LogP contribution in [0.25, 0.3) is 0 Å². The second kappa shape index (κ2) is 11.1. The molecule has 178 valence electrons. The number of nitrogens with one attached hydrogen (secondary N) is 1. The Labute approximate surface area is 195 Å². The number of Topliss-reactive ketones (excluding diaryl/α,β-unsaturated/α-hetero) is 1. The molecule has 0 saturated heterocycles. The topological polar surface area (TPSA) is 104 Å². The third-order valence-electron chi connectivity index (χ3n) is 5.21. The zero-order valence-electron chi connectivity index (χ0n) is 19.7. The Balaban J connectivity index is 2.41. The van der Waals surface area contributed by atoms with Gasteiger partial charge in [0.05, 0.1) is 11.9 Å². The van der Waals surface area contributed by atoms with Crippen molar-refractivity contribution in [1.29, 1.82) is 0 Å². The summed E-state index contributed by atoms with van der Waals surface area (Å²) in [6.45, 7) is 6.76. The zero-order valence-corrected chi connectivity index (χ0v) is 20.5. The molecule has 0 aliphatic heterocycles. The summed E-state index contributed by atoms with van der Waals surface area (Å²) in [5.41, 5.74) is 2.41. The van der Waals surface area contributed by atoms with Crippen LogP contribution >= 0.6 is 0 Å². The first-order valence-corrected chi connectivity index (χ1v) is 12.5. The molecule has 0 saturated carbocycles. The lowest BCUT2D eigenvalue weighted by atomic mass is 10.1. The van der Waals surface area contributed by atoms with Crippen LogP contribution in [-0.2, 0) is 26.2 Å². The van der Waals surface area contributed by atoms with Crippen molar-refractivity contribution in [2.24, 2.45) is 0 Å². The number of carbonyl (C=O) groups is 3. The van der Waals surface area contributed by atoms with Crippen LogP contribution in [0.15, 0.2) is 48.5 Å². The molecular formula is C24H31N3O5S. The van der Waals surface area contributed by atoms with Gasteiger partial charge in [0.25, 0.3) is 0 Å². The molecule has 0 aliphatic rings. The first kappa shape index (κ1) is 26.1. The predicted octanol–water partition coefficient (Wildman–Crippen LogP) is 2.52. The van der Waals surface area contributed by atoms with Crippen molar-refractivity contribution >= 4 is 33.3 Å². The van der Waals surface area contributed by atoms with Gasteiger partial charge in [-0.25, -0.2) is 8.42 Å². The van der Waals surface area contributed by atoms with Gasteiger partial charge in [0.1, 0.15) is 12.6 Å². The number of benzene rings is 2. The third kappa shape index (κ3) is 7.15. The van der Waals surface area contributed by atoms with E-state index in [1.165, 1.54) is 24.0 Å². The summed E-state index contributed by atoms with van der Waals surface area (Å²) in [6.07, 6.45) is 0.998. The summed E-state index contributed by atoms with van der Waals surface area (Å²) < 4.78 is 26.1. The van der Waals surface area contributed by atoms with E-state index in [0.29, 0.717) is 12.1 Å². The molecule has 2 amide bonds. The molecule has 0 fully saturated rings. The van der Waals surface area contributed by atoms with Gasteiger partial charge in [0.15, 0.2) is 5.78 Å². The van der Waals surface area contributed by atoms with Gasteiger partial charge in [-0.3, -0.25) is 18.7 Å². The number of hydrogen-bond donors (Lipinski definition) is 1. The first-order chi connectivity index (χ1) is 15.4. The van der Waals surface area contributed by atoms with Crippen LogP contribution in [0.4, 0.5) is 5.69 Å². The standard InChI is InChI=1S/C24H31N3O5S/c1-6-25-24(30)18(3)26(15-20-12-10-17(2)11-13-20)23(29)16-27(33(5,31)32)22-9-7-8-21(14-22)19(4)28/h7-14,18H,6,15-16H2,1-5H3,(H,25,30)/t18-/m1/s1. The minimum absolute atomic E-state index is 0.141. The SMILES string of the molecule is CCNC(=O)[C@@H](C)N(Cc1ccc(C)cc1)C(=O)CN(c1cccc(C(C)=O)c1)S(C)(=O)=O. The van der Waals surface area contributed by atoms with E-state index in [1.54, 1.807) is 26.0 Å². The summed E-state index contributed by atoms with van der Waals surface area (Å²) in [5, 5.41) is 2.71. The van der Waals surface area contributed by atoms with Crippen molar-refractivity contribution in [2.45, 2.75) is 40.3 Å². The lowest BCUT2D eigenvalue weighted by Gasteiger charge is -2.31. The molecule has 33 heavy (non-hydrogen) atoms. The third-order valence-corrected chi connectivity index (χ3v) is 6.35. The molecule has 0 bridgehead atoms. The van der Waals surface area contributed by atoms with E-state index in [-0.39, 0.29) is 23.9 Å². The van der Waals surface area contributed by atoms with E-state index in [2.05, 4.69) is 5.32 Å². The molecular weight excluding hydrogens is 442 g/mol. The highest BCUT2D eigenvalue weighted by molar-refractivity contribution is 7.92. The summed E-state index contributed by atoms with van der Waals surface area (Å²) in [6, 6.07) is 12.8. The van der Waals surface area contributed by atoms with Crippen molar-refractivity contribution in [3.8, 4) is 0 Å². The average molecular weight is 474 g/mol. The smallest absolute Gasteiger partial charge is 0.244 e. The molecule has 9 heteroatoms. The monoisotopic (exact) mass is 473 g/mol. The van der Waals surface area contributed by atoms with Crippen molar-refractivity contribution in [2.75, 3.05) is 23.7 Å². The van der Waals surface area contributed by atoms with E-state index in [4.69, 9.17) is 0 Å². The average Bonchev–Trinajstić information content (AvgIpc) is 2.75. The summed E-state index contributed by atoms with van der Waals surface area (Å²) >= 11 is 0. The molecule has 2 rings (SSSR count). The molecule has 1 atom stereocenters. The van der Waals surface area contributed by atoms with Crippen LogP contribution < -0.4 is 9.62 Å². The lowest BCUT2D eigenvalue weighted by molar-refractivity contribution is -0.139. The van der Waals surface area contributed by atoms with Gasteiger partial charge in [-0.2, -0.15) is 0 Å². The van der Waals surface area contributed by atoms with E-state index in [9.17, 15) is 22.8 Å². The minimum Gasteiger partial charge on any atom is -0.355 e. The number of anilines is 1. The van der Waals surface area contributed by atoms with E-state index in [1.807, 2.05) is 31.2 Å². The number of carbonyl (C=O) groups excluding carboxylic acids is 3. The molecule has 0 unspecified atom stereocenters. The summed E-state index contributed by atoms with van der Waals surface area (Å²) in [4.78, 5) is 39.0. The predicted molar refractivity (Wildman–Crippen MR) is 129 cm³/mol. The first-order valence-electron chi connectivity index (χ1n) is 10.7. The van der Waals surface area contributed by atoms with Crippen LogP contribution in [0.1, 0.15) is 42.3 Å². The number of amides is 2. The van der Waals surface area contributed by atoms with Crippen molar-refractivity contribution in [1.82, 2.24) is 10.2 Å². The molecule has 2 aromatic rings. The molecule has 0 heterocycles. The Hall–Kier alpha value is -3.20. The fraction of sp³-hybridized carbons (Fsp3) is 0.375. The van der Waals surface area contributed by atoms with E-state index >= 15 is 0 Å². The number of rotatable bonds is 10. The lowest BCUT2D eigenvalue weighted by Crippen LogP contribution is -2.51. The molecule has 0 spiro atoms. The van der Waals surface area contributed by atoms with Crippen LogP contribution in [0.5, 0.6) is 0 Å². The van der Waals surface area contributed by atoms with Gasteiger partial charge in [0, 0.05) is 18.7 Å². The van der Waals surface area contributed by atoms with Gasteiger partial charge in [0.2, 0.25) is 21.8 Å². The second-order valence-corrected chi connectivity index (χ2v) is 9.86. The van der Waals surface area contributed by atoms with Crippen LogP contribution in [0.2, 0.25) is 0 Å². The number of sulfonamides is 1. The molecule has 1 N–H and O–H groups in total. The van der Waals surface area contributed by atoms with Gasteiger partial charge < -0.3 is 10.2 Å². The molecule has 8 nitrogen and oxygen atoms in total. The molecule has 0 aromatic heterocycles. The Morgan fingerprint density at radius 2 is 1.70 bits per heavy atom. The van der Waals surface area contributed by atoms with Crippen molar-refractivity contribution in [3.63, 3.8) is 0 Å². The normalized spacial score (nSPS) is 12.0. The fourth-order valence-corrected chi connectivity index (χ4v) is 4.13. The maximum absolute atomic E-state index is 13.4. The van der Waals surface area contributed by atoms with Crippen molar-refractivity contribution < 1.29 is 22.8 Å². The number of ketones is 1. The van der Waals surface area contributed by atoms with E-state index < -0.39 is 28.5 Å². The zero-order chi connectivity index (χ0) is 24.8. The van der Waals surface area contributed by atoms with Crippen LogP contribution in [-0.4, -0.2) is 56.3 Å².